The van der Waals surface area contributed by atoms with Gasteiger partial charge in [-0.25, -0.2) is 0 Å². The molecule has 0 radical (unpaired) electrons. The summed E-state index contributed by atoms with van der Waals surface area (Å²) in [6, 6.07) is 9.26. The number of carbonyl (C=O) groups is 1. The quantitative estimate of drug-likeness (QED) is 0.633. The first-order valence-electron chi connectivity index (χ1n) is 6.08. The van der Waals surface area contributed by atoms with Gasteiger partial charge in [-0.15, -0.1) is 23.1 Å². The summed E-state index contributed by atoms with van der Waals surface area (Å²) in [5.74, 6) is 1.39. The Hall–Kier alpha value is -1.66. The van der Waals surface area contributed by atoms with Gasteiger partial charge in [0.15, 0.2) is 0 Å². The summed E-state index contributed by atoms with van der Waals surface area (Å²) < 4.78 is 6.29. The van der Waals surface area contributed by atoms with Crippen molar-refractivity contribution in [3.63, 3.8) is 0 Å². The molecule has 2 rings (SSSR count). The van der Waals surface area contributed by atoms with Crippen molar-refractivity contribution < 1.29 is 9.53 Å². The molecule has 1 heterocycles. The number of thioether (sulfide) groups is 1. The second-order valence-electron chi connectivity index (χ2n) is 4.03. The van der Waals surface area contributed by atoms with Crippen molar-refractivity contribution in [1.82, 2.24) is 0 Å². The van der Waals surface area contributed by atoms with E-state index in [0.717, 1.165) is 5.75 Å². The van der Waals surface area contributed by atoms with E-state index in [0.29, 0.717) is 23.5 Å². The Labute approximate surface area is 126 Å². The minimum Gasteiger partial charge on any atom is -0.497 e. The molecular weight excluding hydrogens is 292 g/mol. The van der Waals surface area contributed by atoms with Gasteiger partial charge >= 0.3 is 0 Å². The third-order valence-electron chi connectivity index (χ3n) is 2.60. The summed E-state index contributed by atoms with van der Waals surface area (Å²) in [6.07, 6.45) is 0.452. The van der Waals surface area contributed by atoms with Crippen molar-refractivity contribution in [3.8, 4) is 5.75 Å². The van der Waals surface area contributed by atoms with Crippen LogP contribution in [0.25, 0.3) is 0 Å². The van der Waals surface area contributed by atoms with Gasteiger partial charge in [-0.2, -0.15) is 0 Å². The molecule has 4 nitrogen and oxygen atoms in total. The third kappa shape index (κ3) is 4.18. The lowest BCUT2D eigenvalue weighted by Crippen LogP contribution is -2.13. The number of hydrogen-bond acceptors (Lipinski definition) is 5. The standard InChI is InChI=1S/C14H16N2O2S2/c1-18-10-4-5-12(11(15)9-10)16-13(17)6-8-20-14-3-2-7-19-14/h2-5,7,9H,6,8,15H2,1H3,(H,16,17). The highest BCUT2D eigenvalue weighted by Crippen LogP contribution is 2.26. The molecule has 3 N–H and O–H groups in total. The van der Waals surface area contributed by atoms with Crippen LogP contribution in [-0.4, -0.2) is 18.8 Å². The van der Waals surface area contributed by atoms with Crippen LogP contribution in [0.15, 0.2) is 39.9 Å². The molecule has 0 bridgehead atoms. The minimum absolute atomic E-state index is 0.0362. The molecule has 6 heteroatoms. The second kappa shape index (κ2) is 7.21. The van der Waals surface area contributed by atoms with Crippen LogP contribution in [0.3, 0.4) is 0 Å². The second-order valence-corrected chi connectivity index (χ2v) is 6.37. The fourth-order valence-electron chi connectivity index (χ4n) is 1.58. The normalized spacial score (nSPS) is 10.2. The predicted octanol–water partition coefficient (Wildman–Crippen LogP) is 3.46. The van der Waals surface area contributed by atoms with E-state index < -0.39 is 0 Å². The van der Waals surface area contributed by atoms with Gasteiger partial charge in [0, 0.05) is 18.2 Å². The number of ether oxygens (including phenoxy) is 1. The fraction of sp³-hybridized carbons (Fsp3) is 0.214. The molecule has 1 aromatic heterocycles. The van der Waals surface area contributed by atoms with Crippen LogP contribution in [-0.2, 0) is 4.79 Å². The highest BCUT2D eigenvalue weighted by Gasteiger charge is 2.06. The zero-order chi connectivity index (χ0) is 14.4. The number of nitrogen functional groups attached to an aromatic ring is 1. The van der Waals surface area contributed by atoms with Crippen molar-refractivity contribution in [1.29, 1.82) is 0 Å². The van der Waals surface area contributed by atoms with Crippen LogP contribution in [0, 0.1) is 0 Å². The van der Waals surface area contributed by atoms with Crippen molar-refractivity contribution in [2.75, 3.05) is 23.9 Å². The Balaban J connectivity index is 1.82. The van der Waals surface area contributed by atoms with Crippen molar-refractivity contribution in [2.24, 2.45) is 0 Å². The average Bonchev–Trinajstić information content (AvgIpc) is 2.94. The van der Waals surface area contributed by atoms with Crippen molar-refractivity contribution in [2.45, 2.75) is 10.6 Å². The summed E-state index contributed by atoms with van der Waals surface area (Å²) in [5, 5.41) is 4.84. The van der Waals surface area contributed by atoms with E-state index >= 15 is 0 Å². The molecule has 0 aliphatic rings. The maximum atomic E-state index is 11.8. The summed E-state index contributed by atoms with van der Waals surface area (Å²) >= 11 is 3.37. The number of thiophene rings is 1. The Morgan fingerprint density at radius 1 is 1.45 bits per heavy atom. The van der Waals surface area contributed by atoms with Crippen LogP contribution in [0.1, 0.15) is 6.42 Å². The van der Waals surface area contributed by atoms with E-state index in [1.54, 1.807) is 48.4 Å². The number of nitrogens with one attached hydrogen (secondary N) is 1. The monoisotopic (exact) mass is 308 g/mol. The fourth-order valence-corrected chi connectivity index (χ4v) is 3.38. The van der Waals surface area contributed by atoms with Gasteiger partial charge in [0.2, 0.25) is 5.91 Å². The number of amides is 1. The van der Waals surface area contributed by atoms with E-state index in [1.807, 2.05) is 11.4 Å². The largest absolute Gasteiger partial charge is 0.497 e. The minimum atomic E-state index is -0.0362. The molecule has 0 fully saturated rings. The predicted molar refractivity (Wildman–Crippen MR) is 85.7 cm³/mol. The molecule has 0 unspecified atom stereocenters. The van der Waals surface area contributed by atoms with Crippen LogP contribution in [0.2, 0.25) is 0 Å². The van der Waals surface area contributed by atoms with Gasteiger partial charge in [0.05, 0.1) is 22.7 Å². The number of nitrogens with two attached hydrogens (primary N) is 1. The summed E-state index contributed by atoms with van der Waals surface area (Å²) in [4.78, 5) is 11.8. The van der Waals surface area contributed by atoms with Gasteiger partial charge in [-0.1, -0.05) is 6.07 Å². The first-order chi connectivity index (χ1) is 9.69. The van der Waals surface area contributed by atoms with Gasteiger partial charge in [0.1, 0.15) is 5.75 Å². The maximum Gasteiger partial charge on any atom is 0.225 e. The van der Waals surface area contributed by atoms with E-state index in [1.165, 1.54) is 4.21 Å². The van der Waals surface area contributed by atoms with Crippen molar-refractivity contribution >= 4 is 40.4 Å². The topological polar surface area (TPSA) is 64.3 Å². The van der Waals surface area contributed by atoms with Crippen LogP contribution in [0.5, 0.6) is 5.75 Å². The maximum absolute atomic E-state index is 11.8. The third-order valence-corrected chi connectivity index (χ3v) is 4.73. The first kappa shape index (κ1) is 14.7. The molecule has 2 aromatic rings. The SMILES string of the molecule is COc1ccc(NC(=O)CCSc2cccs2)c(N)c1. The molecule has 0 spiro atoms. The molecule has 20 heavy (non-hydrogen) atoms. The van der Waals surface area contributed by atoms with E-state index in [-0.39, 0.29) is 5.91 Å². The van der Waals surface area contributed by atoms with Gasteiger partial charge in [-0.3, -0.25) is 4.79 Å². The Morgan fingerprint density at radius 3 is 2.95 bits per heavy atom. The Kier molecular flexibility index (Phi) is 5.31. The Bertz CT molecular complexity index is 571. The summed E-state index contributed by atoms with van der Waals surface area (Å²) in [5.41, 5.74) is 6.98. The molecule has 106 valence electrons. The number of benzene rings is 1. The van der Waals surface area contributed by atoms with Crippen molar-refractivity contribution in [3.05, 3.63) is 35.7 Å². The Morgan fingerprint density at radius 2 is 2.30 bits per heavy atom. The lowest BCUT2D eigenvalue weighted by atomic mass is 10.2. The molecule has 0 saturated carbocycles. The zero-order valence-electron chi connectivity index (χ0n) is 11.1. The molecule has 0 atom stereocenters. The molecule has 0 saturated heterocycles. The molecule has 1 aromatic carbocycles. The van der Waals surface area contributed by atoms with E-state index in [9.17, 15) is 4.79 Å². The highest BCUT2D eigenvalue weighted by molar-refractivity contribution is 8.01. The van der Waals surface area contributed by atoms with Gasteiger partial charge in [-0.05, 0) is 23.6 Å². The van der Waals surface area contributed by atoms with Crippen LogP contribution >= 0.6 is 23.1 Å². The van der Waals surface area contributed by atoms with Gasteiger partial charge in [0.25, 0.3) is 0 Å². The molecular formula is C14H16N2O2S2. The molecule has 0 aliphatic carbocycles. The number of anilines is 2. The lowest BCUT2D eigenvalue weighted by Gasteiger charge is -2.09. The number of hydrogen-bond donors (Lipinski definition) is 2. The van der Waals surface area contributed by atoms with Crippen LogP contribution < -0.4 is 15.8 Å². The molecule has 0 aliphatic heterocycles. The lowest BCUT2D eigenvalue weighted by molar-refractivity contribution is -0.115. The highest BCUT2D eigenvalue weighted by atomic mass is 32.2. The number of carbonyl (C=O) groups excluding carboxylic acids is 1. The van der Waals surface area contributed by atoms with E-state index in [4.69, 9.17) is 10.5 Å². The number of methoxy groups -OCH3 is 1. The zero-order valence-corrected chi connectivity index (χ0v) is 12.7. The average molecular weight is 308 g/mol. The van der Waals surface area contributed by atoms with E-state index in [2.05, 4.69) is 11.4 Å². The van der Waals surface area contributed by atoms with Crippen LogP contribution in [0.4, 0.5) is 11.4 Å². The van der Waals surface area contributed by atoms with Gasteiger partial charge < -0.3 is 15.8 Å². The smallest absolute Gasteiger partial charge is 0.225 e. The first-order valence-corrected chi connectivity index (χ1v) is 7.95. The number of rotatable bonds is 6. The summed E-state index contributed by atoms with van der Waals surface area (Å²) in [6.45, 7) is 0. The summed E-state index contributed by atoms with van der Waals surface area (Å²) in [7, 11) is 1.58. The molecule has 1 amide bonds.